The molecule has 5 aromatic rings. The van der Waals surface area contributed by atoms with E-state index in [1.54, 1.807) is 30.2 Å². The minimum absolute atomic E-state index is 0.0517. The molecule has 0 aliphatic carbocycles. The molecule has 1 saturated heterocycles. The van der Waals surface area contributed by atoms with Crippen molar-refractivity contribution in [1.82, 2.24) is 34.0 Å². The van der Waals surface area contributed by atoms with Crippen LogP contribution in [0, 0.1) is 0 Å². The fourth-order valence-electron chi connectivity index (χ4n) is 4.65. The molecular formula is C25H20ClF5N8O. The number of hydrogen-bond donors (Lipinski definition) is 1. The van der Waals surface area contributed by atoms with Crippen molar-refractivity contribution in [3.63, 3.8) is 0 Å². The summed E-state index contributed by atoms with van der Waals surface area (Å²) in [5, 5.41) is 7.26. The Hall–Kier alpha value is -4.04. The maximum Gasteiger partial charge on any atom is 0.416 e. The number of aryl methyl sites for hydroxylation is 1. The van der Waals surface area contributed by atoms with Crippen molar-refractivity contribution >= 4 is 39.9 Å². The Morgan fingerprint density at radius 3 is 2.70 bits per heavy atom. The average molecular weight is 579 g/mol. The molecule has 9 nitrogen and oxygen atoms in total. The number of fused-ring (bicyclic) bond motifs is 2. The Bertz CT molecular complexity index is 1730. The summed E-state index contributed by atoms with van der Waals surface area (Å²) in [6.45, 7) is -0.460. The van der Waals surface area contributed by atoms with Gasteiger partial charge in [0.15, 0.2) is 17.1 Å². The molecule has 0 saturated carbocycles. The van der Waals surface area contributed by atoms with Gasteiger partial charge in [0, 0.05) is 44.6 Å². The molecule has 1 aromatic carbocycles. The zero-order chi connectivity index (χ0) is 28.2. The lowest BCUT2D eigenvalue weighted by molar-refractivity contribution is -0.137. The normalized spacial score (nSPS) is 15.8. The number of hydrogen-bond acceptors (Lipinski definition) is 7. The Kier molecular flexibility index (Phi) is 6.26. The third kappa shape index (κ3) is 4.99. The van der Waals surface area contributed by atoms with E-state index < -0.39 is 24.2 Å². The van der Waals surface area contributed by atoms with E-state index in [9.17, 15) is 22.0 Å². The highest BCUT2D eigenvalue weighted by Gasteiger charge is 2.38. The van der Waals surface area contributed by atoms with E-state index in [2.05, 4.69) is 25.4 Å². The van der Waals surface area contributed by atoms with Gasteiger partial charge in [-0.1, -0.05) is 11.6 Å². The van der Waals surface area contributed by atoms with Crippen LogP contribution in [0.3, 0.4) is 0 Å². The van der Waals surface area contributed by atoms with Crippen molar-refractivity contribution in [2.24, 2.45) is 7.05 Å². The SMILES string of the molecule is Cn1c(Nc2cc(CN3CCC(F)(F)C3)cc(C(F)(F)F)c2)nc2ncc(Oc3cnn4ccncc34)c(Cl)c21. The zero-order valence-corrected chi connectivity index (χ0v) is 21.5. The summed E-state index contributed by atoms with van der Waals surface area (Å²) < 4.78 is 77.4. The largest absolute Gasteiger partial charge is 0.450 e. The van der Waals surface area contributed by atoms with Crippen molar-refractivity contribution < 1.29 is 26.7 Å². The fraction of sp³-hybridized carbons (Fsp3) is 0.280. The Morgan fingerprint density at radius 2 is 1.95 bits per heavy atom. The van der Waals surface area contributed by atoms with Crippen LogP contribution in [0.15, 0.2) is 49.2 Å². The first kappa shape index (κ1) is 26.2. The van der Waals surface area contributed by atoms with Gasteiger partial charge in [0.25, 0.3) is 5.92 Å². The first-order valence-corrected chi connectivity index (χ1v) is 12.4. The first-order chi connectivity index (χ1) is 19.0. The van der Waals surface area contributed by atoms with Gasteiger partial charge < -0.3 is 14.6 Å². The van der Waals surface area contributed by atoms with E-state index >= 15 is 0 Å². The molecule has 0 spiro atoms. The van der Waals surface area contributed by atoms with E-state index in [4.69, 9.17) is 16.3 Å². The van der Waals surface area contributed by atoms with Crippen LogP contribution >= 0.6 is 11.6 Å². The van der Waals surface area contributed by atoms with E-state index in [1.807, 2.05) is 0 Å². The van der Waals surface area contributed by atoms with Crippen LogP contribution < -0.4 is 10.1 Å². The number of halogens is 6. The third-order valence-electron chi connectivity index (χ3n) is 6.55. The molecule has 15 heteroatoms. The number of nitrogens with zero attached hydrogens (tertiary/aromatic N) is 7. The Morgan fingerprint density at radius 1 is 1.12 bits per heavy atom. The maximum atomic E-state index is 13.7. The van der Waals surface area contributed by atoms with Crippen LogP contribution in [0.2, 0.25) is 5.02 Å². The van der Waals surface area contributed by atoms with Crippen molar-refractivity contribution in [2.45, 2.75) is 25.1 Å². The summed E-state index contributed by atoms with van der Waals surface area (Å²) in [5.74, 6) is -2.08. The second-order valence-electron chi connectivity index (χ2n) is 9.48. The number of nitrogens with one attached hydrogen (secondary N) is 1. The quantitative estimate of drug-likeness (QED) is 0.245. The van der Waals surface area contributed by atoms with Crippen molar-refractivity contribution in [1.29, 1.82) is 0 Å². The van der Waals surface area contributed by atoms with Crippen molar-refractivity contribution in [3.05, 3.63) is 65.3 Å². The summed E-state index contributed by atoms with van der Waals surface area (Å²) in [6.07, 6.45) is 2.73. The third-order valence-corrected chi connectivity index (χ3v) is 6.91. The number of benzene rings is 1. The molecule has 6 rings (SSSR count). The molecule has 0 radical (unpaired) electrons. The molecule has 208 valence electrons. The summed E-state index contributed by atoms with van der Waals surface area (Å²) in [6, 6.07) is 3.38. The molecule has 0 amide bonds. The number of pyridine rings is 1. The van der Waals surface area contributed by atoms with Crippen LogP contribution in [0.4, 0.5) is 33.6 Å². The predicted octanol–water partition coefficient (Wildman–Crippen LogP) is 6.06. The molecule has 40 heavy (non-hydrogen) atoms. The highest BCUT2D eigenvalue weighted by atomic mass is 35.5. The predicted molar refractivity (Wildman–Crippen MR) is 136 cm³/mol. The van der Waals surface area contributed by atoms with Crippen LogP contribution in [-0.2, 0) is 19.8 Å². The lowest BCUT2D eigenvalue weighted by atomic mass is 10.1. The lowest BCUT2D eigenvalue weighted by Gasteiger charge is -2.18. The van der Waals surface area contributed by atoms with Crippen molar-refractivity contribution in [3.8, 4) is 11.5 Å². The van der Waals surface area contributed by atoms with Crippen LogP contribution in [-0.4, -0.2) is 53.0 Å². The molecule has 0 bridgehead atoms. The highest BCUT2D eigenvalue weighted by Crippen LogP contribution is 2.38. The molecular weight excluding hydrogens is 559 g/mol. The first-order valence-electron chi connectivity index (χ1n) is 12.0. The van der Waals surface area contributed by atoms with E-state index in [1.165, 1.54) is 27.9 Å². The molecule has 4 aromatic heterocycles. The van der Waals surface area contributed by atoms with Crippen LogP contribution in [0.1, 0.15) is 17.5 Å². The van der Waals surface area contributed by atoms with Gasteiger partial charge in [0.2, 0.25) is 5.95 Å². The van der Waals surface area contributed by atoms with Gasteiger partial charge in [0.1, 0.15) is 16.1 Å². The fourth-order valence-corrected chi connectivity index (χ4v) is 4.95. The summed E-state index contributed by atoms with van der Waals surface area (Å²) in [5.41, 5.74) is 0.623. The van der Waals surface area contributed by atoms with Gasteiger partial charge in [0.05, 0.1) is 30.7 Å². The number of ether oxygens (including phenoxy) is 1. The Balaban J connectivity index is 1.31. The summed E-state index contributed by atoms with van der Waals surface area (Å²) in [4.78, 5) is 14.2. The number of likely N-dealkylation sites (tertiary alicyclic amines) is 1. The Labute approximate surface area is 228 Å². The summed E-state index contributed by atoms with van der Waals surface area (Å²) in [7, 11) is 1.62. The molecule has 1 N–H and O–H groups in total. The highest BCUT2D eigenvalue weighted by molar-refractivity contribution is 6.36. The van der Waals surface area contributed by atoms with Gasteiger partial charge in [-0.3, -0.25) is 9.88 Å². The monoisotopic (exact) mass is 578 g/mol. The molecule has 5 heterocycles. The standard InChI is InChI=1S/C25H20ClF5N8O/c1-37-21-20(26)19(40-18-11-34-39-5-3-32-9-17(18)39)10-33-22(21)36-23(37)35-16-7-14(6-15(8-16)25(29,30)31)12-38-4-2-24(27,28)13-38/h3,5-11H,2,4,12-13H2,1H3,(H,33,35,36). The number of alkyl halides is 5. The second kappa shape index (κ2) is 9.55. The average Bonchev–Trinajstić information content (AvgIpc) is 3.55. The van der Waals surface area contributed by atoms with Crippen LogP contribution in [0.5, 0.6) is 11.5 Å². The molecule has 1 aliphatic heterocycles. The van der Waals surface area contributed by atoms with Gasteiger partial charge in [-0.25, -0.2) is 18.3 Å². The van der Waals surface area contributed by atoms with Gasteiger partial charge >= 0.3 is 6.18 Å². The van der Waals surface area contributed by atoms with E-state index in [-0.39, 0.29) is 53.1 Å². The minimum atomic E-state index is -4.64. The molecule has 0 unspecified atom stereocenters. The van der Waals surface area contributed by atoms with Gasteiger partial charge in [-0.05, 0) is 23.8 Å². The van der Waals surface area contributed by atoms with E-state index in [0.717, 1.165) is 12.1 Å². The number of rotatable bonds is 6. The lowest BCUT2D eigenvalue weighted by Crippen LogP contribution is -2.25. The maximum absolute atomic E-state index is 13.7. The number of aromatic nitrogens is 6. The van der Waals surface area contributed by atoms with Crippen molar-refractivity contribution in [2.75, 3.05) is 18.4 Å². The van der Waals surface area contributed by atoms with Gasteiger partial charge in [-0.2, -0.15) is 23.3 Å². The van der Waals surface area contributed by atoms with E-state index in [0.29, 0.717) is 16.8 Å². The van der Waals surface area contributed by atoms with Gasteiger partial charge in [-0.15, -0.1) is 0 Å². The minimum Gasteiger partial charge on any atom is -0.450 e. The molecule has 0 atom stereocenters. The topological polar surface area (TPSA) is 85.4 Å². The number of anilines is 2. The van der Waals surface area contributed by atoms with Crippen LogP contribution in [0.25, 0.3) is 16.7 Å². The molecule has 1 fully saturated rings. The summed E-state index contributed by atoms with van der Waals surface area (Å²) >= 11 is 6.65. The zero-order valence-electron chi connectivity index (χ0n) is 20.8. The smallest absolute Gasteiger partial charge is 0.416 e. The second-order valence-corrected chi connectivity index (χ2v) is 9.86. The molecule has 1 aliphatic rings. The number of imidazole rings is 1.